The van der Waals surface area contributed by atoms with Gasteiger partial charge in [0.1, 0.15) is 0 Å². The lowest BCUT2D eigenvalue weighted by Crippen LogP contribution is -2.40. The van der Waals surface area contributed by atoms with Gasteiger partial charge in [-0.1, -0.05) is 18.2 Å². The summed E-state index contributed by atoms with van der Waals surface area (Å²) in [6.07, 6.45) is -5.06. The molecular formula is C16H18F3N3O2. The second-order valence-electron chi connectivity index (χ2n) is 5.77. The molecular weight excluding hydrogens is 323 g/mol. The molecule has 1 aliphatic rings. The van der Waals surface area contributed by atoms with Crippen molar-refractivity contribution in [1.82, 2.24) is 15.1 Å². The molecule has 3 rings (SSSR count). The zero-order chi connectivity index (χ0) is 17.3. The minimum absolute atomic E-state index is 0.156. The second-order valence-corrected chi connectivity index (χ2v) is 5.77. The average Bonchev–Trinajstić information content (AvgIpc) is 3.00. The molecule has 130 valence electrons. The lowest BCUT2D eigenvalue weighted by molar-refractivity contribution is -0.140. The van der Waals surface area contributed by atoms with Crippen LogP contribution in [0.3, 0.4) is 0 Å². The molecule has 1 fully saturated rings. The number of rotatable bonds is 3. The van der Waals surface area contributed by atoms with Gasteiger partial charge in [-0.2, -0.15) is 13.2 Å². The molecule has 2 heterocycles. The first-order chi connectivity index (χ1) is 11.4. The quantitative estimate of drug-likeness (QED) is 0.855. The van der Waals surface area contributed by atoms with Crippen LogP contribution in [0.2, 0.25) is 0 Å². The van der Waals surface area contributed by atoms with E-state index in [9.17, 15) is 13.2 Å². The Morgan fingerprint density at radius 2 is 2.00 bits per heavy atom. The van der Waals surface area contributed by atoms with Gasteiger partial charge in [-0.05, 0) is 18.6 Å². The molecule has 5 nitrogen and oxygen atoms in total. The molecule has 1 aliphatic heterocycles. The molecule has 8 heteroatoms. The van der Waals surface area contributed by atoms with Gasteiger partial charge in [-0.3, -0.25) is 4.90 Å². The molecule has 1 aromatic carbocycles. The largest absolute Gasteiger partial charge is 0.424 e. The second kappa shape index (κ2) is 6.52. The summed E-state index contributed by atoms with van der Waals surface area (Å²) in [6, 6.07) is 5.35. The van der Waals surface area contributed by atoms with Crippen LogP contribution in [0, 0.1) is 6.92 Å². The van der Waals surface area contributed by atoms with Crippen LogP contribution in [-0.2, 0) is 10.9 Å². The molecule has 2 unspecified atom stereocenters. The minimum Gasteiger partial charge on any atom is -0.424 e. The molecule has 0 radical (unpaired) electrons. The van der Waals surface area contributed by atoms with Crippen LogP contribution >= 0.6 is 0 Å². The van der Waals surface area contributed by atoms with Crippen LogP contribution < -0.4 is 0 Å². The van der Waals surface area contributed by atoms with Gasteiger partial charge < -0.3 is 9.15 Å². The van der Waals surface area contributed by atoms with Gasteiger partial charge >= 0.3 is 6.18 Å². The first-order valence-electron chi connectivity index (χ1n) is 7.68. The number of nitrogens with zero attached hydrogens (tertiary/aromatic N) is 3. The van der Waals surface area contributed by atoms with E-state index in [4.69, 9.17) is 9.15 Å². The summed E-state index contributed by atoms with van der Waals surface area (Å²) in [5, 5.41) is 7.80. The zero-order valence-corrected chi connectivity index (χ0v) is 13.4. The summed E-state index contributed by atoms with van der Waals surface area (Å²) in [7, 11) is 0. The van der Waals surface area contributed by atoms with E-state index in [0.29, 0.717) is 31.5 Å². The van der Waals surface area contributed by atoms with Crippen molar-refractivity contribution in [2.24, 2.45) is 0 Å². The average molecular weight is 341 g/mol. The number of halogens is 3. The van der Waals surface area contributed by atoms with Gasteiger partial charge in [-0.25, -0.2) is 0 Å². The van der Waals surface area contributed by atoms with E-state index in [-0.39, 0.29) is 11.6 Å². The standard InChI is InChI=1S/C16H18F3N3O2/c1-10(15-21-20-11(2)24-15)22-7-8-23-14(9-22)12-5-3-4-6-13(12)16(17,18)19/h3-6,10,14H,7-9H2,1-2H3. The highest BCUT2D eigenvalue weighted by Gasteiger charge is 2.37. The fraction of sp³-hybridized carbons (Fsp3) is 0.500. The molecule has 0 bridgehead atoms. The number of alkyl halides is 3. The maximum atomic E-state index is 13.2. The van der Waals surface area contributed by atoms with Crippen LogP contribution in [0.25, 0.3) is 0 Å². The fourth-order valence-electron chi connectivity index (χ4n) is 2.88. The van der Waals surface area contributed by atoms with E-state index in [1.54, 1.807) is 13.0 Å². The number of aromatic nitrogens is 2. The SMILES string of the molecule is Cc1nnc(C(C)N2CCOC(c3ccccc3C(F)(F)F)C2)o1. The Kier molecular flexibility index (Phi) is 4.60. The van der Waals surface area contributed by atoms with Crippen molar-refractivity contribution in [1.29, 1.82) is 0 Å². The number of hydrogen-bond donors (Lipinski definition) is 0. The predicted molar refractivity (Wildman–Crippen MR) is 79.2 cm³/mol. The third-order valence-corrected chi connectivity index (χ3v) is 4.16. The van der Waals surface area contributed by atoms with Gasteiger partial charge in [0.2, 0.25) is 11.8 Å². The van der Waals surface area contributed by atoms with Gasteiger partial charge in [0.15, 0.2) is 0 Å². The van der Waals surface area contributed by atoms with Crippen molar-refractivity contribution in [3.63, 3.8) is 0 Å². The van der Waals surface area contributed by atoms with Crippen LogP contribution in [-0.4, -0.2) is 34.8 Å². The van der Waals surface area contributed by atoms with E-state index >= 15 is 0 Å². The molecule has 1 saturated heterocycles. The highest BCUT2D eigenvalue weighted by Crippen LogP contribution is 2.37. The first-order valence-corrected chi connectivity index (χ1v) is 7.68. The number of hydrogen-bond acceptors (Lipinski definition) is 5. The van der Waals surface area contributed by atoms with Crippen LogP contribution in [0.5, 0.6) is 0 Å². The van der Waals surface area contributed by atoms with Gasteiger partial charge in [0.25, 0.3) is 0 Å². The van der Waals surface area contributed by atoms with E-state index in [0.717, 1.165) is 6.07 Å². The molecule has 0 spiro atoms. The molecule has 2 atom stereocenters. The lowest BCUT2D eigenvalue weighted by Gasteiger charge is -2.36. The smallest absolute Gasteiger partial charge is 0.416 e. The van der Waals surface area contributed by atoms with Gasteiger partial charge in [0, 0.05) is 20.0 Å². The van der Waals surface area contributed by atoms with Crippen molar-refractivity contribution >= 4 is 0 Å². The van der Waals surface area contributed by atoms with E-state index in [2.05, 4.69) is 10.2 Å². The Hall–Kier alpha value is -1.93. The molecule has 0 aliphatic carbocycles. The van der Waals surface area contributed by atoms with Gasteiger partial charge in [-0.15, -0.1) is 10.2 Å². The highest BCUT2D eigenvalue weighted by molar-refractivity contribution is 5.32. The van der Waals surface area contributed by atoms with Crippen molar-refractivity contribution in [3.05, 3.63) is 47.2 Å². The van der Waals surface area contributed by atoms with Crippen molar-refractivity contribution in [3.8, 4) is 0 Å². The molecule has 0 amide bonds. The topological polar surface area (TPSA) is 51.4 Å². The van der Waals surface area contributed by atoms with Gasteiger partial charge in [0.05, 0.1) is 24.3 Å². The summed E-state index contributed by atoms with van der Waals surface area (Å²) in [6.45, 7) is 4.85. The number of ether oxygens (including phenoxy) is 1. The van der Waals surface area contributed by atoms with E-state index < -0.39 is 17.8 Å². The summed E-state index contributed by atoms with van der Waals surface area (Å²) in [4.78, 5) is 1.99. The Morgan fingerprint density at radius 1 is 1.25 bits per heavy atom. The van der Waals surface area contributed by atoms with Crippen molar-refractivity contribution < 1.29 is 22.3 Å². The Balaban J connectivity index is 1.82. The molecule has 2 aromatic rings. The third-order valence-electron chi connectivity index (χ3n) is 4.16. The molecule has 0 N–H and O–H groups in total. The third kappa shape index (κ3) is 3.44. The van der Waals surface area contributed by atoms with Crippen LogP contribution in [0.4, 0.5) is 13.2 Å². The summed E-state index contributed by atoms with van der Waals surface area (Å²) in [5.41, 5.74) is -0.498. The van der Waals surface area contributed by atoms with Crippen molar-refractivity contribution in [2.75, 3.05) is 19.7 Å². The summed E-state index contributed by atoms with van der Waals surface area (Å²) >= 11 is 0. The van der Waals surface area contributed by atoms with Crippen LogP contribution in [0.15, 0.2) is 28.7 Å². The zero-order valence-electron chi connectivity index (χ0n) is 13.4. The normalized spacial score (nSPS) is 21.0. The predicted octanol–water partition coefficient (Wildman–Crippen LogP) is 3.53. The molecule has 1 aromatic heterocycles. The van der Waals surface area contributed by atoms with E-state index in [1.165, 1.54) is 12.1 Å². The minimum atomic E-state index is -4.41. The fourth-order valence-corrected chi connectivity index (χ4v) is 2.88. The maximum absolute atomic E-state index is 13.2. The first kappa shape index (κ1) is 16.9. The van der Waals surface area contributed by atoms with Crippen LogP contribution in [0.1, 0.15) is 42.0 Å². The summed E-state index contributed by atoms with van der Waals surface area (Å²) < 4.78 is 50.7. The molecule has 24 heavy (non-hydrogen) atoms. The van der Waals surface area contributed by atoms with Crippen molar-refractivity contribution in [2.45, 2.75) is 32.2 Å². The highest BCUT2D eigenvalue weighted by atomic mass is 19.4. The maximum Gasteiger partial charge on any atom is 0.416 e. The molecule has 0 saturated carbocycles. The lowest BCUT2D eigenvalue weighted by atomic mass is 10.00. The number of benzene rings is 1. The van der Waals surface area contributed by atoms with E-state index in [1.807, 2.05) is 11.8 Å². The Morgan fingerprint density at radius 3 is 2.67 bits per heavy atom. The Labute approximate surface area is 137 Å². The monoisotopic (exact) mass is 341 g/mol. The number of morpholine rings is 1. The summed E-state index contributed by atoms with van der Waals surface area (Å²) in [5.74, 6) is 0.918. The number of aryl methyl sites for hydroxylation is 1. The Bertz CT molecular complexity index is 702.